The van der Waals surface area contributed by atoms with Gasteiger partial charge in [0.1, 0.15) is 0 Å². The number of hydrogen-bond acceptors (Lipinski definition) is 4. The molecule has 1 saturated carbocycles. The first kappa shape index (κ1) is 24.5. The van der Waals surface area contributed by atoms with Crippen molar-refractivity contribution in [1.29, 1.82) is 0 Å². The molecule has 0 N–H and O–H groups in total. The molecule has 0 aromatic carbocycles. The van der Waals surface area contributed by atoms with Crippen LogP contribution in [0.3, 0.4) is 0 Å². The van der Waals surface area contributed by atoms with Crippen molar-refractivity contribution in [2.75, 3.05) is 0 Å². The van der Waals surface area contributed by atoms with E-state index in [1.807, 2.05) is 0 Å². The quantitative estimate of drug-likeness (QED) is 0.666. The average Bonchev–Trinajstić information content (AvgIpc) is 2.32. The molecule has 0 aromatic heterocycles. The standard InChI is InChI=1S/C6H12.2C4H8O2.Ba/c1-2-4-6-5-3-1;2*1-2-3-4(5)6;/h1-6H2;2*2-3H2,1H3,(H,5,6);/q;;;+2/p-2. The minimum atomic E-state index is -0.961. The molecule has 19 heavy (non-hydrogen) atoms. The molecule has 0 heterocycles. The van der Waals surface area contributed by atoms with Gasteiger partial charge in [-0.25, -0.2) is 0 Å². The topological polar surface area (TPSA) is 80.3 Å². The van der Waals surface area contributed by atoms with Crippen LogP contribution < -0.4 is 10.2 Å². The Labute approximate surface area is 157 Å². The minimum absolute atomic E-state index is 0. The van der Waals surface area contributed by atoms with Crippen molar-refractivity contribution in [3.63, 3.8) is 0 Å². The normalized spacial score (nSPS) is 12.7. The predicted octanol–water partition coefficient (Wildman–Crippen LogP) is 1.03. The summed E-state index contributed by atoms with van der Waals surface area (Å²) in [5, 5.41) is 19.0. The van der Waals surface area contributed by atoms with E-state index in [0.717, 1.165) is 0 Å². The van der Waals surface area contributed by atoms with Crippen LogP contribution in [0.1, 0.15) is 78.1 Å². The molecule has 0 aromatic rings. The van der Waals surface area contributed by atoms with E-state index in [1.54, 1.807) is 13.8 Å². The zero-order chi connectivity index (χ0) is 14.2. The van der Waals surface area contributed by atoms with E-state index in [2.05, 4.69) is 0 Å². The van der Waals surface area contributed by atoms with Crippen molar-refractivity contribution in [2.24, 2.45) is 0 Å². The van der Waals surface area contributed by atoms with Crippen molar-refractivity contribution in [2.45, 2.75) is 78.1 Å². The Bertz CT molecular complexity index is 176. The van der Waals surface area contributed by atoms with Crippen LogP contribution >= 0.6 is 0 Å². The number of carbonyl (C=O) groups excluding carboxylic acids is 2. The fourth-order valence-electron chi connectivity index (χ4n) is 1.47. The number of carbonyl (C=O) groups is 2. The van der Waals surface area contributed by atoms with Crippen LogP contribution in [-0.4, -0.2) is 60.8 Å². The SMILES string of the molecule is C1CCCCC1.CCCC(=O)[O-].CCCC(=O)[O-].[Ba+2]. The maximum atomic E-state index is 9.49. The van der Waals surface area contributed by atoms with Crippen LogP contribution in [0, 0.1) is 0 Å². The van der Waals surface area contributed by atoms with Crippen molar-refractivity contribution in [3.8, 4) is 0 Å². The predicted molar refractivity (Wildman–Crippen MR) is 73.3 cm³/mol. The van der Waals surface area contributed by atoms with Crippen LogP contribution in [-0.2, 0) is 9.59 Å². The Morgan fingerprint density at radius 3 is 1.00 bits per heavy atom. The molecular formula is C14H26BaO4. The van der Waals surface area contributed by atoms with E-state index in [0.29, 0.717) is 12.8 Å². The van der Waals surface area contributed by atoms with Crippen LogP contribution in [0.15, 0.2) is 0 Å². The Hall–Kier alpha value is 0.511. The fraction of sp³-hybridized carbons (Fsp3) is 0.857. The van der Waals surface area contributed by atoms with E-state index < -0.39 is 11.9 Å². The molecule has 0 atom stereocenters. The molecule has 0 saturated heterocycles. The third kappa shape index (κ3) is 32.2. The molecular weight excluding hydrogens is 369 g/mol. The molecule has 0 amide bonds. The summed E-state index contributed by atoms with van der Waals surface area (Å²) in [7, 11) is 0. The van der Waals surface area contributed by atoms with E-state index in [9.17, 15) is 19.8 Å². The summed E-state index contributed by atoms with van der Waals surface area (Å²) in [6, 6.07) is 0. The van der Waals surface area contributed by atoms with Crippen molar-refractivity contribution >= 4 is 60.8 Å². The largest absolute Gasteiger partial charge is 2.00 e. The number of carboxylic acid groups (broad SMARTS) is 2. The molecule has 0 radical (unpaired) electrons. The van der Waals surface area contributed by atoms with Gasteiger partial charge in [-0.3, -0.25) is 0 Å². The van der Waals surface area contributed by atoms with Gasteiger partial charge in [0.2, 0.25) is 0 Å². The Balaban J connectivity index is -0.000000197. The van der Waals surface area contributed by atoms with Gasteiger partial charge in [-0.05, 0) is 12.8 Å². The third-order valence-corrected chi connectivity index (χ3v) is 2.41. The van der Waals surface area contributed by atoms with Gasteiger partial charge in [-0.2, -0.15) is 0 Å². The van der Waals surface area contributed by atoms with Crippen LogP contribution in [0.25, 0.3) is 0 Å². The molecule has 4 nitrogen and oxygen atoms in total. The summed E-state index contributed by atoms with van der Waals surface area (Å²) >= 11 is 0. The summed E-state index contributed by atoms with van der Waals surface area (Å²) < 4.78 is 0. The van der Waals surface area contributed by atoms with E-state index in [4.69, 9.17) is 0 Å². The molecule has 1 fully saturated rings. The van der Waals surface area contributed by atoms with Crippen LogP contribution in [0.4, 0.5) is 0 Å². The minimum Gasteiger partial charge on any atom is -0.550 e. The molecule has 0 spiro atoms. The second-order valence-electron chi connectivity index (χ2n) is 4.37. The van der Waals surface area contributed by atoms with Gasteiger partial charge in [0.05, 0.1) is 0 Å². The number of rotatable bonds is 4. The van der Waals surface area contributed by atoms with Crippen LogP contribution in [0.2, 0.25) is 0 Å². The summed E-state index contributed by atoms with van der Waals surface area (Å²) in [5.41, 5.74) is 0. The molecule has 1 rings (SSSR count). The molecule has 5 heteroatoms. The van der Waals surface area contributed by atoms with Gasteiger partial charge in [0.25, 0.3) is 0 Å². The summed E-state index contributed by atoms with van der Waals surface area (Å²) in [6.45, 7) is 3.60. The first-order valence-corrected chi connectivity index (χ1v) is 6.94. The zero-order valence-corrected chi connectivity index (χ0v) is 16.9. The Morgan fingerprint density at radius 2 is 0.947 bits per heavy atom. The smallest absolute Gasteiger partial charge is 0.550 e. The molecule has 0 bridgehead atoms. The second-order valence-corrected chi connectivity index (χ2v) is 4.37. The monoisotopic (exact) mass is 396 g/mol. The average molecular weight is 396 g/mol. The second kappa shape index (κ2) is 20.8. The first-order valence-electron chi connectivity index (χ1n) is 6.94. The summed E-state index contributed by atoms with van der Waals surface area (Å²) in [6.07, 6.45) is 10.7. The maximum Gasteiger partial charge on any atom is 2.00 e. The fourth-order valence-corrected chi connectivity index (χ4v) is 1.47. The number of aliphatic carboxylic acids is 2. The van der Waals surface area contributed by atoms with Crippen LogP contribution in [0.5, 0.6) is 0 Å². The van der Waals surface area contributed by atoms with E-state index in [1.165, 1.54) is 38.5 Å². The van der Waals surface area contributed by atoms with Crippen molar-refractivity contribution in [1.82, 2.24) is 0 Å². The number of carboxylic acids is 2. The van der Waals surface area contributed by atoms with Gasteiger partial charge in [-0.15, -0.1) is 0 Å². The maximum absolute atomic E-state index is 9.49. The first-order chi connectivity index (χ1) is 8.54. The van der Waals surface area contributed by atoms with E-state index >= 15 is 0 Å². The number of hydrogen-bond donors (Lipinski definition) is 0. The van der Waals surface area contributed by atoms with Crippen molar-refractivity contribution < 1.29 is 19.8 Å². The van der Waals surface area contributed by atoms with Gasteiger partial charge in [0.15, 0.2) is 0 Å². The van der Waals surface area contributed by atoms with Gasteiger partial charge in [0, 0.05) is 11.9 Å². The zero-order valence-electron chi connectivity index (χ0n) is 12.4. The Kier molecular flexibility index (Phi) is 26.9. The molecule has 1 aliphatic rings. The Morgan fingerprint density at radius 1 is 0.737 bits per heavy atom. The molecule has 0 unspecified atom stereocenters. The summed E-state index contributed by atoms with van der Waals surface area (Å²) in [5.74, 6) is -1.92. The van der Waals surface area contributed by atoms with Gasteiger partial charge in [-0.1, -0.05) is 65.2 Å². The molecule has 0 aliphatic heterocycles. The van der Waals surface area contributed by atoms with Crippen molar-refractivity contribution in [3.05, 3.63) is 0 Å². The van der Waals surface area contributed by atoms with Gasteiger partial charge < -0.3 is 19.8 Å². The molecule has 1 aliphatic carbocycles. The van der Waals surface area contributed by atoms with Gasteiger partial charge >= 0.3 is 48.9 Å². The van der Waals surface area contributed by atoms with E-state index in [-0.39, 0.29) is 61.7 Å². The summed E-state index contributed by atoms with van der Waals surface area (Å²) in [4.78, 5) is 19.0. The third-order valence-electron chi connectivity index (χ3n) is 2.41. The molecule has 108 valence electrons.